The summed E-state index contributed by atoms with van der Waals surface area (Å²) in [5.41, 5.74) is 2.37. The van der Waals surface area contributed by atoms with Crippen LogP contribution in [0.4, 0.5) is 0 Å². The number of fused-ring (bicyclic) bond motifs is 1. The molecule has 0 saturated heterocycles. The van der Waals surface area contributed by atoms with Crippen LogP contribution in [0.5, 0.6) is 11.5 Å². The fourth-order valence-electron chi connectivity index (χ4n) is 4.94. The van der Waals surface area contributed by atoms with E-state index in [-0.39, 0.29) is 11.8 Å². The molecule has 1 N–H and O–H groups in total. The summed E-state index contributed by atoms with van der Waals surface area (Å²) in [7, 11) is 3.19. The molecule has 2 aromatic carbocycles. The van der Waals surface area contributed by atoms with Gasteiger partial charge in [0.25, 0.3) is 5.91 Å². The predicted molar refractivity (Wildman–Crippen MR) is 118 cm³/mol. The molecule has 0 unspecified atom stereocenters. The van der Waals surface area contributed by atoms with Crippen LogP contribution in [0.15, 0.2) is 42.5 Å². The van der Waals surface area contributed by atoms with Gasteiger partial charge in [-0.1, -0.05) is 43.5 Å². The third-order valence-electron chi connectivity index (χ3n) is 6.61. The minimum absolute atomic E-state index is 0.0274. The molecule has 1 aliphatic carbocycles. The smallest absolute Gasteiger partial charge is 0.254 e. The average Bonchev–Trinajstić information content (AvgIpc) is 3.15. The van der Waals surface area contributed by atoms with Crippen molar-refractivity contribution in [3.63, 3.8) is 0 Å². The number of carbonyl (C=O) groups excluding carboxylic acids is 2. The summed E-state index contributed by atoms with van der Waals surface area (Å²) in [6.45, 7) is 1.00. The van der Waals surface area contributed by atoms with Crippen LogP contribution in [0.3, 0.4) is 0 Å². The van der Waals surface area contributed by atoms with Gasteiger partial charge in [-0.25, -0.2) is 0 Å². The van der Waals surface area contributed by atoms with Gasteiger partial charge >= 0.3 is 0 Å². The van der Waals surface area contributed by atoms with Crippen molar-refractivity contribution in [2.75, 3.05) is 14.2 Å². The quantitative estimate of drug-likeness (QED) is 0.730. The Morgan fingerprint density at radius 2 is 1.77 bits per heavy atom. The van der Waals surface area contributed by atoms with Crippen LogP contribution in [0.25, 0.3) is 0 Å². The van der Waals surface area contributed by atoms with Gasteiger partial charge < -0.3 is 19.7 Å². The second-order valence-corrected chi connectivity index (χ2v) is 8.48. The fourth-order valence-corrected chi connectivity index (χ4v) is 4.94. The van der Waals surface area contributed by atoms with E-state index >= 15 is 0 Å². The number of hydrogen-bond donors (Lipinski definition) is 1. The molecule has 2 aliphatic rings. The summed E-state index contributed by atoms with van der Waals surface area (Å²) in [6, 6.07) is 13.4. The number of nitrogens with one attached hydrogen (secondary N) is 1. The SMILES string of the molecule is COc1ccc(CNC(=O)CC2(N3Cc4ccccc4C3=O)CCCCC2)cc1OC. The van der Waals surface area contributed by atoms with E-state index in [1.165, 1.54) is 0 Å². The Bertz CT molecular complexity index is 966. The highest BCUT2D eigenvalue weighted by Gasteiger charge is 2.45. The Morgan fingerprint density at radius 1 is 1.03 bits per heavy atom. The Balaban J connectivity index is 1.46. The first-order valence-corrected chi connectivity index (χ1v) is 10.9. The molecule has 6 heteroatoms. The van der Waals surface area contributed by atoms with Gasteiger partial charge in [0, 0.05) is 25.1 Å². The number of ether oxygens (including phenoxy) is 2. The van der Waals surface area contributed by atoms with Gasteiger partial charge in [-0.3, -0.25) is 9.59 Å². The molecule has 6 nitrogen and oxygen atoms in total. The van der Waals surface area contributed by atoms with E-state index in [2.05, 4.69) is 5.32 Å². The third-order valence-corrected chi connectivity index (χ3v) is 6.61. The zero-order valence-electron chi connectivity index (χ0n) is 18.3. The van der Waals surface area contributed by atoms with Crippen molar-refractivity contribution < 1.29 is 19.1 Å². The maximum absolute atomic E-state index is 13.2. The number of hydrogen-bond acceptors (Lipinski definition) is 4. The lowest BCUT2D eigenvalue weighted by molar-refractivity contribution is -0.124. The largest absolute Gasteiger partial charge is 0.493 e. The first-order valence-electron chi connectivity index (χ1n) is 10.9. The van der Waals surface area contributed by atoms with Crippen LogP contribution in [0, 0.1) is 0 Å². The Kier molecular flexibility index (Phi) is 6.16. The Labute approximate surface area is 183 Å². The molecule has 164 valence electrons. The minimum atomic E-state index is -0.407. The molecule has 31 heavy (non-hydrogen) atoms. The van der Waals surface area contributed by atoms with Gasteiger partial charge in [0.05, 0.1) is 19.8 Å². The predicted octanol–water partition coefficient (Wildman–Crippen LogP) is 4.07. The van der Waals surface area contributed by atoms with Crippen LogP contribution >= 0.6 is 0 Å². The average molecular weight is 423 g/mol. The first-order chi connectivity index (χ1) is 15.1. The lowest BCUT2D eigenvalue weighted by Crippen LogP contribution is -2.52. The zero-order valence-corrected chi connectivity index (χ0v) is 18.3. The van der Waals surface area contributed by atoms with Crippen molar-refractivity contribution in [2.45, 2.75) is 57.2 Å². The molecule has 0 atom stereocenters. The summed E-state index contributed by atoms with van der Waals surface area (Å²) in [5.74, 6) is 1.33. The maximum Gasteiger partial charge on any atom is 0.254 e. The maximum atomic E-state index is 13.2. The molecule has 0 aromatic heterocycles. The first kappa shape index (κ1) is 21.2. The van der Waals surface area contributed by atoms with E-state index in [9.17, 15) is 9.59 Å². The van der Waals surface area contributed by atoms with Crippen LogP contribution in [0.2, 0.25) is 0 Å². The third kappa shape index (κ3) is 4.24. The molecule has 0 bridgehead atoms. The van der Waals surface area contributed by atoms with Crippen molar-refractivity contribution in [1.29, 1.82) is 0 Å². The second kappa shape index (κ2) is 9.00. The number of nitrogens with zero attached hydrogens (tertiary/aromatic N) is 1. The summed E-state index contributed by atoms with van der Waals surface area (Å²) in [4.78, 5) is 28.1. The van der Waals surface area contributed by atoms with Gasteiger partial charge in [-0.2, -0.15) is 0 Å². The van der Waals surface area contributed by atoms with Crippen LogP contribution < -0.4 is 14.8 Å². The highest BCUT2D eigenvalue weighted by Crippen LogP contribution is 2.41. The molecular formula is C25H30N2O4. The molecule has 1 heterocycles. The molecule has 2 amide bonds. The van der Waals surface area contributed by atoms with Crippen LogP contribution in [-0.2, 0) is 17.9 Å². The van der Waals surface area contributed by atoms with Crippen molar-refractivity contribution in [3.05, 3.63) is 59.2 Å². The summed E-state index contributed by atoms with van der Waals surface area (Å²) in [6.07, 6.45) is 5.32. The highest BCUT2D eigenvalue weighted by molar-refractivity contribution is 5.99. The topological polar surface area (TPSA) is 67.9 Å². The summed E-state index contributed by atoms with van der Waals surface area (Å²) < 4.78 is 10.6. The zero-order chi connectivity index (χ0) is 21.8. The van der Waals surface area contributed by atoms with Crippen LogP contribution in [-0.4, -0.2) is 36.5 Å². The molecule has 2 aromatic rings. The van der Waals surface area contributed by atoms with Gasteiger partial charge in [0.15, 0.2) is 11.5 Å². The van der Waals surface area contributed by atoms with Gasteiger partial charge in [-0.15, -0.1) is 0 Å². The van der Waals surface area contributed by atoms with Crippen LogP contribution in [0.1, 0.15) is 60.0 Å². The second-order valence-electron chi connectivity index (χ2n) is 8.48. The van der Waals surface area contributed by atoms with E-state index < -0.39 is 5.54 Å². The Hall–Kier alpha value is -3.02. The highest BCUT2D eigenvalue weighted by atomic mass is 16.5. The number of methoxy groups -OCH3 is 2. The van der Waals surface area contributed by atoms with E-state index in [1.807, 2.05) is 47.4 Å². The molecule has 1 fully saturated rings. The molecule has 4 rings (SSSR count). The van der Waals surface area contributed by atoms with Crippen molar-refractivity contribution in [2.24, 2.45) is 0 Å². The van der Waals surface area contributed by atoms with E-state index in [0.717, 1.165) is 48.8 Å². The summed E-state index contributed by atoms with van der Waals surface area (Å²) in [5, 5.41) is 3.05. The minimum Gasteiger partial charge on any atom is -0.493 e. The van der Waals surface area contributed by atoms with E-state index in [0.29, 0.717) is 31.0 Å². The number of benzene rings is 2. The fraction of sp³-hybridized carbons (Fsp3) is 0.440. The molecule has 1 aliphatic heterocycles. The molecule has 1 saturated carbocycles. The molecule has 0 radical (unpaired) electrons. The molecular weight excluding hydrogens is 392 g/mol. The normalized spacial score (nSPS) is 17.2. The number of carbonyl (C=O) groups is 2. The van der Waals surface area contributed by atoms with E-state index in [1.54, 1.807) is 14.2 Å². The summed E-state index contributed by atoms with van der Waals surface area (Å²) >= 11 is 0. The van der Waals surface area contributed by atoms with Crippen molar-refractivity contribution >= 4 is 11.8 Å². The van der Waals surface area contributed by atoms with Gasteiger partial charge in [0.1, 0.15) is 0 Å². The Morgan fingerprint density at radius 3 is 2.48 bits per heavy atom. The van der Waals surface area contributed by atoms with Gasteiger partial charge in [0.2, 0.25) is 5.91 Å². The van der Waals surface area contributed by atoms with E-state index in [4.69, 9.17) is 9.47 Å². The van der Waals surface area contributed by atoms with Gasteiger partial charge in [-0.05, 0) is 42.2 Å². The van der Waals surface area contributed by atoms with Crippen molar-refractivity contribution in [1.82, 2.24) is 10.2 Å². The number of rotatable bonds is 7. The standard InChI is InChI=1S/C25H30N2O4/c1-30-21-11-10-18(14-22(21)31-2)16-26-23(28)15-25(12-6-3-7-13-25)27-17-19-8-4-5-9-20(19)24(27)29/h4-5,8-11,14H,3,6-7,12-13,15-17H2,1-2H3,(H,26,28). The monoisotopic (exact) mass is 422 g/mol. The lowest BCUT2D eigenvalue weighted by Gasteiger charge is -2.44. The number of amides is 2. The van der Waals surface area contributed by atoms with Crippen molar-refractivity contribution in [3.8, 4) is 11.5 Å². The lowest BCUT2D eigenvalue weighted by atomic mass is 9.77. The molecule has 0 spiro atoms.